The number of esters is 1. The Morgan fingerprint density at radius 1 is 1.08 bits per heavy atom. The van der Waals surface area contributed by atoms with Crippen molar-refractivity contribution in [2.45, 2.75) is 31.7 Å². The van der Waals surface area contributed by atoms with Crippen LogP contribution in [0.15, 0.2) is 89.2 Å². The molecule has 3 aromatic carbocycles. The molecule has 0 saturated heterocycles. The lowest BCUT2D eigenvalue weighted by Gasteiger charge is -2.46. The highest BCUT2D eigenvalue weighted by atomic mass is 35.5. The Balaban J connectivity index is 1.79. The van der Waals surface area contributed by atoms with E-state index in [4.69, 9.17) is 33.0 Å². The molecule has 0 fully saturated rings. The number of hydrogen-bond acceptors (Lipinski definition) is 5. The van der Waals surface area contributed by atoms with Gasteiger partial charge >= 0.3 is 5.97 Å². The zero-order valence-corrected chi connectivity index (χ0v) is 22.2. The summed E-state index contributed by atoms with van der Waals surface area (Å²) in [6.07, 6.45) is 0.0197. The number of carbonyl (C=O) groups excluding carboxylic acids is 2. The number of hydrogen-bond donors (Lipinski definition) is 1. The van der Waals surface area contributed by atoms with Gasteiger partial charge in [-0.2, -0.15) is 5.10 Å². The molecule has 3 aromatic rings. The quantitative estimate of drug-likeness (QED) is 0.381. The number of rotatable bonds is 5. The number of halogens is 3. The Labute approximate surface area is 229 Å². The third-order valence-electron chi connectivity index (χ3n) is 6.85. The standard InChI is InChI=1S/C29H24Cl2FN3O3/c1-3-38-27(36)25-17(2)33-28(37)29(26(25)18-8-10-19(30)11-9-18)16-24(22-6-4-5-7-23(22)32)34-35(29)21-14-12-20(31)13-15-21/h4-15,26H,3,16H2,1-2H3,(H,33,37)/t26-,29+/m0/s1. The van der Waals surface area contributed by atoms with E-state index in [0.717, 1.165) is 0 Å². The van der Waals surface area contributed by atoms with E-state index in [1.165, 1.54) is 6.07 Å². The van der Waals surface area contributed by atoms with Crippen molar-refractivity contribution in [1.29, 1.82) is 0 Å². The predicted molar refractivity (Wildman–Crippen MR) is 146 cm³/mol. The van der Waals surface area contributed by atoms with Crippen LogP contribution in [0.5, 0.6) is 0 Å². The van der Waals surface area contributed by atoms with E-state index in [1.54, 1.807) is 85.6 Å². The van der Waals surface area contributed by atoms with Crippen molar-refractivity contribution in [3.05, 3.63) is 111 Å². The largest absolute Gasteiger partial charge is 0.463 e. The lowest BCUT2D eigenvalue weighted by Crippen LogP contribution is -2.62. The molecule has 0 aromatic heterocycles. The van der Waals surface area contributed by atoms with Crippen molar-refractivity contribution in [2.24, 2.45) is 5.10 Å². The number of nitrogens with zero attached hydrogens (tertiary/aromatic N) is 2. The van der Waals surface area contributed by atoms with Gasteiger partial charge in [-0.25, -0.2) is 14.2 Å². The van der Waals surface area contributed by atoms with Gasteiger partial charge in [0.25, 0.3) is 5.91 Å². The van der Waals surface area contributed by atoms with Crippen molar-refractivity contribution in [3.8, 4) is 0 Å². The molecule has 2 atom stereocenters. The summed E-state index contributed by atoms with van der Waals surface area (Å²) < 4.78 is 20.4. The van der Waals surface area contributed by atoms with E-state index in [-0.39, 0.29) is 30.1 Å². The second-order valence-corrected chi connectivity index (χ2v) is 9.99. The summed E-state index contributed by atoms with van der Waals surface area (Å²) in [6.45, 7) is 3.54. The van der Waals surface area contributed by atoms with Crippen LogP contribution in [0.1, 0.15) is 37.3 Å². The molecule has 2 heterocycles. The first-order chi connectivity index (χ1) is 18.3. The Morgan fingerprint density at radius 3 is 2.34 bits per heavy atom. The minimum Gasteiger partial charge on any atom is -0.463 e. The van der Waals surface area contributed by atoms with E-state index in [9.17, 15) is 14.0 Å². The molecule has 1 amide bonds. The fourth-order valence-electron chi connectivity index (χ4n) is 5.20. The van der Waals surface area contributed by atoms with E-state index in [2.05, 4.69) is 5.32 Å². The Kier molecular flexibility index (Phi) is 6.99. The van der Waals surface area contributed by atoms with E-state index < -0.39 is 23.2 Å². The molecule has 2 aliphatic rings. The number of amides is 1. The van der Waals surface area contributed by atoms with Crippen LogP contribution in [-0.4, -0.2) is 29.7 Å². The maximum atomic E-state index is 15.0. The SMILES string of the molecule is CCOC(=O)C1=C(C)NC(=O)[C@@]2(CC(c3ccccc3F)=NN2c2ccc(Cl)cc2)[C@H]1c1ccc(Cl)cc1. The topological polar surface area (TPSA) is 71.0 Å². The van der Waals surface area contributed by atoms with Crippen molar-refractivity contribution in [1.82, 2.24) is 5.32 Å². The molecule has 38 heavy (non-hydrogen) atoms. The Hall–Kier alpha value is -3.68. The van der Waals surface area contributed by atoms with Crippen LogP contribution in [0.25, 0.3) is 0 Å². The van der Waals surface area contributed by atoms with Gasteiger partial charge in [0.05, 0.1) is 29.5 Å². The normalized spacial score (nSPS) is 21.0. The number of carbonyl (C=O) groups is 2. The third kappa shape index (κ3) is 4.36. The minimum absolute atomic E-state index is 0.0197. The predicted octanol–water partition coefficient (Wildman–Crippen LogP) is 6.24. The molecule has 1 spiro atoms. The number of nitrogens with one attached hydrogen (secondary N) is 1. The second kappa shape index (κ2) is 10.2. The molecule has 0 unspecified atom stereocenters. The summed E-state index contributed by atoms with van der Waals surface area (Å²) in [7, 11) is 0. The van der Waals surface area contributed by atoms with Crippen LogP contribution in [0.4, 0.5) is 10.1 Å². The fraction of sp³-hybridized carbons (Fsp3) is 0.207. The number of anilines is 1. The molecular formula is C29H24Cl2FN3O3. The lowest BCUT2D eigenvalue weighted by atomic mass is 9.68. The average Bonchev–Trinajstić information content (AvgIpc) is 3.28. The number of allylic oxidation sites excluding steroid dienone is 1. The van der Waals surface area contributed by atoms with Crippen LogP contribution in [0, 0.1) is 5.82 Å². The maximum Gasteiger partial charge on any atom is 0.336 e. The van der Waals surface area contributed by atoms with E-state index in [0.29, 0.717) is 32.7 Å². The number of benzene rings is 3. The minimum atomic E-state index is -1.47. The molecule has 6 nitrogen and oxygen atoms in total. The Bertz CT molecular complexity index is 1470. The van der Waals surface area contributed by atoms with Crippen molar-refractivity contribution in [3.63, 3.8) is 0 Å². The van der Waals surface area contributed by atoms with Gasteiger partial charge in [0.1, 0.15) is 5.82 Å². The number of hydrazone groups is 1. The molecule has 0 saturated carbocycles. The summed E-state index contributed by atoms with van der Waals surface area (Å²) in [5.74, 6) is -2.22. The third-order valence-corrected chi connectivity index (χ3v) is 7.36. The average molecular weight is 552 g/mol. The van der Waals surface area contributed by atoms with Gasteiger partial charge in [0, 0.05) is 27.7 Å². The molecule has 0 aliphatic carbocycles. The molecular weight excluding hydrogens is 528 g/mol. The summed E-state index contributed by atoms with van der Waals surface area (Å²) in [4.78, 5) is 27.6. The lowest BCUT2D eigenvalue weighted by molar-refractivity contribution is -0.139. The first-order valence-corrected chi connectivity index (χ1v) is 12.8. The van der Waals surface area contributed by atoms with Crippen molar-refractivity contribution in [2.75, 3.05) is 11.6 Å². The van der Waals surface area contributed by atoms with Crippen LogP contribution < -0.4 is 10.3 Å². The van der Waals surface area contributed by atoms with Gasteiger partial charge in [-0.05, 0) is 61.9 Å². The first-order valence-electron chi connectivity index (χ1n) is 12.1. The van der Waals surface area contributed by atoms with Gasteiger partial charge < -0.3 is 10.1 Å². The van der Waals surface area contributed by atoms with Crippen LogP contribution in [0.3, 0.4) is 0 Å². The van der Waals surface area contributed by atoms with Crippen molar-refractivity contribution < 1.29 is 18.7 Å². The van der Waals surface area contributed by atoms with Gasteiger partial charge in [0.2, 0.25) is 0 Å². The molecule has 2 aliphatic heterocycles. The van der Waals surface area contributed by atoms with Gasteiger partial charge in [-0.15, -0.1) is 0 Å². The molecule has 5 rings (SSSR count). The fourth-order valence-corrected chi connectivity index (χ4v) is 5.45. The maximum absolute atomic E-state index is 15.0. The first kappa shape index (κ1) is 25.9. The molecule has 0 radical (unpaired) electrons. The van der Waals surface area contributed by atoms with Gasteiger partial charge in [-0.1, -0.05) is 53.5 Å². The van der Waals surface area contributed by atoms with Crippen molar-refractivity contribution >= 4 is 46.5 Å². The van der Waals surface area contributed by atoms with Crippen LogP contribution >= 0.6 is 23.2 Å². The van der Waals surface area contributed by atoms with Gasteiger partial charge in [0.15, 0.2) is 5.54 Å². The molecule has 1 N–H and O–H groups in total. The monoisotopic (exact) mass is 551 g/mol. The van der Waals surface area contributed by atoms with Crippen LogP contribution in [-0.2, 0) is 14.3 Å². The second-order valence-electron chi connectivity index (χ2n) is 9.11. The van der Waals surface area contributed by atoms with E-state index in [1.807, 2.05) is 0 Å². The highest BCUT2D eigenvalue weighted by Gasteiger charge is 2.60. The van der Waals surface area contributed by atoms with E-state index >= 15 is 0 Å². The van der Waals surface area contributed by atoms with Gasteiger partial charge in [-0.3, -0.25) is 4.79 Å². The summed E-state index contributed by atoms with van der Waals surface area (Å²) in [6, 6.07) is 20.1. The van der Waals surface area contributed by atoms with Crippen LogP contribution in [0.2, 0.25) is 10.0 Å². The highest BCUT2D eigenvalue weighted by Crippen LogP contribution is 2.50. The Morgan fingerprint density at radius 2 is 1.71 bits per heavy atom. The molecule has 9 heteroatoms. The number of ether oxygens (including phenoxy) is 1. The zero-order chi connectivity index (χ0) is 27.0. The highest BCUT2D eigenvalue weighted by molar-refractivity contribution is 6.31. The molecule has 0 bridgehead atoms. The summed E-state index contributed by atoms with van der Waals surface area (Å²) in [5.41, 5.74) is 1.06. The summed E-state index contributed by atoms with van der Waals surface area (Å²) >= 11 is 12.4. The zero-order valence-electron chi connectivity index (χ0n) is 20.7. The summed E-state index contributed by atoms with van der Waals surface area (Å²) in [5, 5.41) is 10.3. The smallest absolute Gasteiger partial charge is 0.336 e. The molecule has 194 valence electrons.